The Balaban J connectivity index is 0.00000400. The van der Waals surface area contributed by atoms with Crippen molar-refractivity contribution in [2.75, 3.05) is 5.75 Å². The Morgan fingerprint density at radius 3 is 2.62 bits per heavy atom. The molecule has 0 atom stereocenters. The first kappa shape index (κ1) is 19.8. The Labute approximate surface area is 141 Å². The van der Waals surface area contributed by atoms with Gasteiger partial charge in [-0.15, -0.1) is 0 Å². The van der Waals surface area contributed by atoms with E-state index in [4.69, 9.17) is 14.7 Å². The summed E-state index contributed by atoms with van der Waals surface area (Å²) in [7, 11) is 0. The Kier molecular flexibility index (Phi) is 10.9. The third-order valence-corrected chi connectivity index (χ3v) is 3.17. The topological polar surface area (TPSA) is 115 Å². The summed E-state index contributed by atoms with van der Waals surface area (Å²) in [6.45, 7) is 0. The molecule has 0 N–H and O–H groups in total. The molecule has 21 heavy (non-hydrogen) atoms. The van der Waals surface area contributed by atoms with Gasteiger partial charge >= 0.3 is 24.8 Å². The average Bonchev–Trinajstić information content (AvgIpc) is 2.49. The van der Waals surface area contributed by atoms with Crippen molar-refractivity contribution in [2.45, 2.75) is 11.3 Å². The molecule has 104 valence electrons. The Morgan fingerprint density at radius 2 is 2.00 bits per heavy atom. The van der Waals surface area contributed by atoms with Crippen molar-refractivity contribution in [2.24, 2.45) is 0 Å². The van der Waals surface area contributed by atoms with Crippen molar-refractivity contribution >= 4 is 30.1 Å². The van der Waals surface area contributed by atoms with Crippen LogP contribution in [-0.4, -0.2) is 11.7 Å². The summed E-state index contributed by atoms with van der Waals surface area (Å²) in [5.41, 5.74) is 0.472. The van der Waals surface area contributed by atoms with Crippen LogP contribution in [0.25, 0.3) is 0 Å². The van der Waals surface area contributed by atoms with Crippen LogP contribution >= 0.6 is 24.1 Å². The molecule has 0 aliphatic rings. The molecule has 0 saturated carbocycles. The molecule has 0 bridgehead atoms. The monoisotopic (exact) mass is 318 g/mol. The number of carbonyl (C=O) groups excluding carboxylic acids is 1. The summed E-state index contributed by atoms with van der Waals surface area (Å²) in [5.74, 6) is -0.307. The van der Waals surface area contributed by atoms with Gasteiger partial charge in [0.25, 0.3) is 0 Å². The number of rotatable bonds is 7. The molecule has 0 heterocycles. The van der Waals surface area contributed by atoms with Gasteiger partial charge in [-0.3, -0.25) is 9.83 Å². The Morgan fingerprint density at radius 1 is 1.29 bits per heavy atom. The van der Waals surface area contributed by atoms with Crippen molar-refractivity contribution in [1.82, 2.24) is 0 Å². The van der Waals surface area contributed by atoms with Crippen LogP contribution in [-0.2, 0) is 18.3 Å². The van der Waals surface area contributed by atoms with E-state index in [9.17, 15) is 10.1 Å². The molecule has 1 aromatic carbocycles. The van der Waals surface area contributed by atoms with Crippen LogP contribution in [0.3, 0.4) is 0 Å². The smallest absolute Gasteiger partial charge is 0.691 e. The number of hydrogen-bond acceptors (Lipinski definition) is 9. The molecule has 0 amide bonds. The van der Waals surface area contributed by atoms with Gasteiger partial charge < -0.3 is 9.44 Å². The molecule has 7 nitrogen and oxygen atoms in total. The number of benzene rings is 1. The molecule has 0 spiro atoms. The van der Waals surface area contributed by atoms with Gasteiger partial charge in [0.05, 0.1) is 29.6 Å². The van der Waals surface area contributed by atoms with Crippen molar-refractivity contribution in [3.8, 4) is 12.1 Å². The summed E-state index contributed by atoms with van der Waals surface area (Å²) in [4.78, 5) is 11.8. The number of nitrogens with zero attached hydrogens (tertiary/aromatic N) is 2. The zero-order valence-electron chi connectivity index (χ0n) is 10.9. The van der Waals surface area contributed by atoms with E-state index in [0.29, 0.717) is 16.9 Å². The van der Waals surface area contributed by atoms with E-state index in [1.165, 1.54) is 12.1 Å². The van der Waals surface area contributed by atoms with Gasteiger partial charge in [-0.2, -0.15) is 14.9 Å². The second-order valence-corrected chi connectivity index (χ2v) is 4.76. The van der Waals surface area contributed by atoms with Crippen LogP contribution in [0.4, 0.5) is 0 Å². The van der Waals surface area contributed by atoms with Crippen LogP contribution in [0.1, 0.15) is 17.5 Å². The van der Waals surface area contributed by atoms with E-state index < -0.39 is 5.97 Å². The first-order valence-electron chi connectivity index (χ1n) is 5.11. The van der Waals surface area contributed by atoms with Gasteiger partial charge in [0.1, 0.15) is 12.1 Å². The summed E-state index contributed by atoms with van der Waals surface area (Å²) in [6.07, 6.45) is 0.0302. The van der Waals surface area contributed by atoms with E-state index in [1.54, 1.807) is 6.07 Å². The Hall–Kier alpha value is -1.15. The number of nitriles is 2. The SMILES string of the molecule is N#Cc1ccc(SOC(=O)CCSOO[O-])cc1C#N.[Li+]. The fourth-order valence-corrected chi connectivity index (χ4v) is 2.00. The molecule has 0 aliphatic heterocycles. The minimum atomic E-state index is -0.514. The van der Waals surface area contributed by atoms with Crippen molar-refractivity contribution in [1.29, 1.82) is 10.5 Å². The van der Waals surface area contributed by atoms with E-state index >= 15 is 0 Å². The summed E-state index contributed by atoms with van der Waals surface area (Å²) < 4.78 is 8.86. The second-order valence-electron chi connectivity index (χ2n) is 3.18. The fourth-order valence-electron chi connectivity index (χ4n) is 1.08. The van der Waals surface area contributed by atoms with E-state index in [-0.39, 0.29) is 42.2 Å². The third-order valence-electron chi connectivity index (χ3n) is 1.93. The predicted octanol–water partition coefficient (Wildman–Crippen LogP) is -1.75. The maximum Gasteiger partial charge on any atom is 1.00 e. The summed E-state index contributed by atoms with van der Waals surface area (Å²) >= 11 is 1.48. The van der Waals surface area contributed by atoms with E-state index in [1.807, 2.05) is 12.1 Å². The zero-order chi connectivity index (χ0) is 14.8. The minimum Gasteiger partial charge on any atom is -0.691 e. The van der Waals surface area contributed by atoms with Crippen molar-refractivity contribution < 1.29 is 42.5 Å². The van der Waals surface area contributed by atoms with Gasteiger partial charge in [-0.1, -0.05) is 0 Å². The number of carbonyl (C=O) groups is 1. The van der Waals surface area contributed by atoms with E-state index in [2.05, 4.69) is 9.37 Å². The maximum absolute atomic E-state index is 11.3. The molecule has 0 aliphatic carbocycles. The molecule has 0 radical (unpaired) electrons. The van der Waals surface area contributed by atoms with Crippen LogP contribution in [0.15, 0.2) is 23.1 Å². The largest absolute Gasteiger partial charge is 1.00 e. The van der Waals surface area contributed by atoms with Crippen LogP contribution in [0.2, 0.25) is 0 Å². The molecule has 0 saturated heterocycles. The van der Waals surface area contributed by atoms with Crippen molar-refractivity contribution in [3.05, 3.63) is 29.3 Å². The quantitative estimate of drug-likeness (QED) is 0.190. The second kappa shape index (κ2) is 11.5. The average molecular weight is 318 g/mol. The normalized spacial score (nSPS) is 9.10. The minimum absolute atomic E-state index is 0. The zero-order valence-corrected chi connectivity index (χ0v) is 12.5. The van der Waals surface area contributed by atoms with Crippen LogP contribution < -0.4 is 24.1 Å². The molecular weight excluding hydrogens is 311 g/mol. The molecule has 0 fully saturated rings. The summed E-state index contributed by atoms with van der Waals surface area (Å²) in [6, 6.07) is 8.27. The van der Waals surface area contributed by atoms with Gasteiger partial charge in [-0.25, -0.2) is 0 Å². The van der Waals surface area contributed by atoms with Gasteiger partial charge in [-0.05, 0) is 18.2 Å². The molecular formula is C11H7LiN2O5S2. The Bertz CT molecular complexity index is 559. The van der Waals surface area contributed by atoms with E-state index in [0.717, 1.165) is 12.0 Å². The summed E-state index contributed by atoms with van der Waals surface area (Å²) in [5, 5.41) is 30.2. The molecule has 0 unspecified atom stereocenters. The first-order chi connectivity index (χ1) is 9.71. The van der Waals surface area contributed by atoms with Crippen molar-refractivity contribution in [3.63, 3.8) is 0 Å². The molecule has 0 aromatic heterocycles. The van der Waals surface area contributed by atoms with Crippen LogP contribution in [0.5, 0.6) is 0 Å². The fraction of sp³-hybridized carbons (Fsp3) is 0.182. The predicted molar refractivity (Wildman–Crippen MR) is 67.1 cm³/mol. The maximum atomic E-state index is 11.3. The molecule has 1 rings (SSSR count). The molecule has 10 heteroatoms. The first-order valence-corrected chi connectivity index (χ1v) is 6.76. The third kappa shape index (κ3) is 7.42. The van der Waals surface area contributed by atoms with Gasteiger partial charge in [0.2, 0.25) is 0 Å². The molecule has 1 aromatic rings. The van der Waals surface area contributed by atoms with Gasteiger partial charge in [0.15, 0.2) is 0 Å². The standard InChI is InChI=1S/C11H8N2O5S2.Li/c12-6-8-1-2-10(5-9(8)7-13)20-16-11(14)3-4-19-18-17-15;/h1-2,5,15H,3-4H2;/q;+1/p-1. The number of hydrogen-bond donors (Lipinski definition) is 0. The van der Waals surface area contributed by atoms with Crippen LogP contribution in [0, 0.1) is 22.7 Å². The van der Waals surface area contributed by atoms with Gasteiger partial charge in [0, 0.05) is 22.7 Å².